The number of rotatable bonds is 4. The summed E-state index contributed by atoms with van der Waals surface area (Å²) in [5, 5.41) is 3.30. The number of halogens is 1. The highest BCUT2D eigenvalue weighted by Crippen LogP contribution is 2.25. The van der Waals surface area contributed by atoms with Crippen molar-refractivity contribution in [2.75, 3.05) is 11.1 Å². The third kappa shape index (κ3) is 3.66. The topological polar surface area (TPSA) is 63.8 Å². The first-order chi connectivity index (χ1) is 7.00. The van der Waals surface area contributed by atoms with Gasteiger partial charge in [-0.25, -0.2) is 9.97 Å². The van der Waals surface area contributed by atoms with Crippen molar-refractivity contribution in [2.45, 2.75) is 33.2 Å². The van der Waals surface area contributed by atoms with Crippen molar-refractivity contribution in [1.29, 1.82) is 0 Å². The fourth-order valence-electron chi connectivity index (χ4n) is 1.48. The minimum atomic E-state index is 0.371. The van der Waals surface area contributed by atoms with Crippen LogP contribution in [0.5, 0.6) is 0 Å². The summed E-state index contributed by atoms with van der Waals surface area (Å²) in [4.78, 5) is 8.02. The van der Waals surface area contributed by atoms with Crippen LogP contribution in [0.15, 0.2) is 10.8 Å². The zero-order valence-electron chi connectivity index (χ0n) is 9.29. The lowest BCUT2D eigenvalue weighted by molar-refractivity contribution is 0.538. The van der Waals surface area contributed by atoms with E-state index in [0.717, 1.165) is 16.7 Å². The van der Waals surface area contributed by atoms with Gasteiger partial charge in [-0.15, -0.1) is 0 Å². The number of aromatic nitrogens is 2. The van der Waals surface area contributed by atoms with Crippen LogP contribution in [0.3, 0.4) is 0 Å². The lowest BCUT2D eigenvalue weighted by atomic mass is 10.1. The molecule has 0 aliphatic rings. The molecule has 0 radical (unpaired) electrons. The molecule has 0 aromatic carbocycles. The Balaban J connectivity index is 2.68. The molecular weight excluding hydrogens is 256 g/mol. The van der Waals surface area contributed by atoms with E-state index in [9.17, 15) is 0 Å². The van der Waals surface area contributed by atoms with E-state index >= 15 is 0 Å². The smallest absolute Gasteiger partial charge is 0.146 e. The minimum Gasteiger partial charge on any atom is -0.383 e. The molecule has 1 aromatic heterocycles. The Labute approximate surface area is 98.8 Å². The summed E-state index contributed by atoms with van der Waals surface area (Å²) >= 11 is 3.36. The zero-order valence-corrected chi connectivity index (χ0v) is 10.9. The first-order valence-electron chi connectivity index (χ1n) is 5.03. The highest BCUT2D eigenvalue weighted by Gasteiger charge is 2.10. The summed E-state index contributed by atoms with van der Waals surface area (Å²) in [5.74, 6) is 1.88. The SMILES string of the molecule is CC(C)CC(C)Nc1ncnc(N)c1Br. The number of nitrogens with one attached hydrogen (secondary N) is 1. The van der Waals surface area contributed by atoms with Gasteiger partial charge >= 0.3 is 0 Å². The first-order valence-corrected chi connectivity index (χ1v) is 5.82. The second-order valence-electron chi connectivity index (χ2n) is 4.10. The third-order valence-electron chi connectivity index (χ3n) is 2.02. The summed E-state index contributed by atoms with van der Waals surface area (Å²) in [5.41, 5.74) is 5.66. The van der Waals surface area contributed by atoms with Crippen molar-refractivity contribution >= 4 is 27.6 Å². The summed E-state index contributed by atoms with van der Waals surface area (Å²) in [7, 11) is 0. The molecule has 0 saturated carbocycles. The predicted molar refractivity (Wildman–Crippen MR) is 66.7 cm³/mol. The van der Waals surface area contributed by atoms with E-state index in [-0.39, 0.29) is 0 Å². The third-order valence-corrected chi connectivity index (χ3v) is 2.81. The maximum absolute atomic E-state index is 5.66. The van der Waals surface area contributed by atoms with Gasteiger partial charge in [0.25, 0.3) is 0 Å². The van der Waals surface area contributed by atoms with Gasteiger partial charge in [0, 0.05) is 6.04 Å². The van der Waals surface area contributed by atoms with Gasteiger partial charge in [-0.1, -0.05) is 13.8 Å². The lowest BCUT2D eigenvalue weighted by Gasteiger charge is -2.17. The molecule has 0 spiro atoms. The van der Waals surface area contributed by atoms with Crippen molar-refractivity contribution < 1.29 is 0 Å². The molecule has 84 valence electrons. The fourth-order valence-corrected chi connectivity index (χ4v) is 1.80. The van der Waals surface area contributed by atoms with Crippen LogP contribution in [0.4, 0.5) is 11.6 Å². The molecule has 0 saturated heterocycles. The van der Waals surface area contributed by atoms with Crippen LogP contribution in [0.1, 0.15) is 27.2 Å². The molecule has 0 amide bonds. The monoisotopic (exact) mass is 272 g/mol. The van der Waals surface area contributed by atoms with Crippen LogP contribution in [0.25, 0.3) is 0 Å². The molecule has 1 atom stereocenters. The first kappa shape index (κ1) is 12.2. The van der Waals surface area contributed by atoms with Crippen LogP contribution >= 0.6 is 15.9 Å². The maximum Gasteiger partial charge on any atom is 0.146 e. The quantitative estimate of drug-likeness (QED) is 0.885. The average molecular weight is 273 g/mol. The van der Waals surface area contributed by atoms with E-state index in [1.54, 1.807) is 0 Å². The van der Waals surface area contributed by atoms with Crippen LogP contribution in [-0.4, -0.2) is 16.0 Å². The minimum absolute atomic E-state index is 0.371. The molecular formula is C10H17BrN4. The predicted octanol–water partition coefficient (Wildman–Crippen LogP) is 2.67. The van der Waals surface area contributed by atoms with Crippen molar-refractivity contribution in [2.24, 2.45) is 5.92 Å². The summed E-state index contributed by atoms with van der Waals surface area (Å²) in [6.07, 6.45) is 2.56. The number of hydrogen-bond acceptors (Lipinski definition) is 4. The van der Waals surface area contributed by atoms with Gasteiger partial charge in [-0.3, -0.25) is 0 Å². The Bertz CT molecular complexity index is 327. The molecule has 0 fully saturated rings. The van der Waals surface area contributed by atoms with Gasteiger partial charge in [-0.2, -0.15) is 0 Å². The zero-order chi connectivity index (χ0) is 11.4. The van der Waals surface area contributed by atoms with Crippen LogP contribution in [0, 0.1) is 5.92 Å². The van der Waals surface area contributed by atoms with E-state index in [2.05, 4.69) is 52.0 Å². The molecule has 5 heteroatoms. The van der Waals surface area contributed by atoms with Gasteiger partial charge in [0.05, 0.1) is 0 Å². The van der Waals surface area contributed by atoms with Gasteiger partial charge in [0.1, 0.15) is 22.4 Å². The maximum atomic E-state index is 5.66. The van der Waals surface area contributed by atoms with Crippen molar-refractivity contribution in [1.82, 2.24) is 9.97 Å². The van der Waals surface area contributed by atoms with Crippen molar-refractivity contribution in [3.05, 3.63) is 10.8 Å². The Kier molecular flexibility index (Phi) is 4.32. The van der Waals surface area contributed by atoms with Crippen LogP contribution in [0.2, 0.25) is 0 Å². The van der Waals surface area contributed by atoms with Gasteiger partial charge < -0.3 is 11.1 Å². The van der Waals surface area contributed by atoms with E-state index in [1.165, 1.54) is 6.33 Å². The average Bonchev–Trinajstić information content (AvgIpc) is 2.11. The Morgan fingerprint density at radius 3 is 2.67 bits per heavy atom. The molecule has 3 N–H and O–H groups in total. The summed E-state index contributed by atoms with van der Waals surface area (Å²) in [6, 6.07) is 0.371. The van der Waals surface area contributed by atoms with Crippen molar-refractivity contribution in [3.63, 3.8) is 0 Å². The molecule has 4 nitrogen and oxygen atoms in total. The van der Waals surface area contributed by atoms with Crippen LogP contribution < -0.4 is 11.1 Å². The fraction of sp³-hybridized carbons (Fsp3) is 0.600. The van der Waals surface area contributed by atoms with Gasteiger partial charge in [0.2, 0.25) is 0 Å². The number of anilines is 2. The van der Waals surface area contributed by atoms with E-state index in [4.69, 9.17) is 5.73 Å². The lowest BCUT2D eigenvalue weighted by Crippen LogP contribution is -2.19. The molecule has 1 heterocycles. The Morgan fingerprint density at radius 1 is 1.40 bits per heavy atom. The number of nitrogens with two attached hydrogens (primary N) is 1. The van der Waals surface area contributed by atoms with E-state index < -0.39 is 0 Å². The number of hydrogen-bond donors (Lipinski definition) is 2. The second-order valence-corrected chi connectivity index (χ2v) is 4.89. The van der Waals surface area contributed by atoms with Crippen molar-refractivity contribution in [3.8, 4) is 0 Å². The second kappa shape index (κ2) is 5.30. The molecule has 0 aliphatic carbocycles. The highest BCUT2D eigenvalue weighted by atomic mass is 79.9. The standard InChI is InChI=1S/C10H17BrN4/c1-6(2)4-7(3)15-10-8(11)9(12)13-5-14-10/h5-7H,4H2,1-3H3,(H3,12,13,14,15). The molecule has 1 aromatic rings. The molecule has 0 bridgehead atoms. The van der Waals surface area contributed by atoms with E-state index in [0.29, 0.717) is 17.8 Å². The summed E-state index contributed by atoms with van der Waals surface area (Å²) in [6.45, 7) is 6.52. The summed E-state index contributed by atoms with van der Waals surface area (Å²) < 4.78 is 0.737. The number of nitrogen functional groups attached to an aromatic ring is 1. The highest BCUT2D eigenvalue weighted by molar-refractivity contribution is 9.10. The van der Waals surface area contributed by atoms with Gasteiger partial charge in [0.15, 0.2) is 0 Å². The number of nitrogens with zero attached hydrogens (tertiary/aromatic N) is 2. The Hall–Kier alpha value is -0.840. The van der Waals surface area contributed by atoms with Crippen LogP contribution in [-0.2, 0) is 0 Å². The normalized spacial score (nSPS) is 12.9. The Morgan fingerprint density at radius 2 is 2.07 bits per heavy atom. The largest absolute Gasteiger partial charge is 0.383 e. The molecule has 0 aliphatic heterocycles. The molecule has 1 rings (SSSR count). The molecule has 15 heavy (non-hydrogen) atoms. The van der Waals surface area contributed by atoms with E-state index in [1.807, 2.05) is 0 Å². The molecule has 1 unspecified atom stereocenters. The van der Waals surface area contributed by atoms with Gasteiger partial charge in [-0.05, 0) is 35.2 Å².